The Hall–Kier alpha value is -4.07. The topological polar surface area (TPSA) is 95.9 Å². The van der Waals surface area contributed by atoms with E-state index in [-0.39, 0.29) is 29.5 Å². The van der Waals surface area contributed by atoms with Crippen molar-refractivity contribution < 1.29 is 23.8 Å². The monoisotopic (exact) mass is 450 g/mol. The molecule has 0 atom stereocenters. The first-order valence-corrected chi connectivity index (χ1v) is 10.4. The molecule has 0 bridgehead atoms. The van der Waals surface area contributed by atoms with Gasteiger partial charge in [0.15, 0.2) is 18.1 Å². The third-order valence-corrected chi connectivity index (χ3v) is 4.92. The molecule has 0 aliphatic rings. The van der Waals surface area contributed by atoms with Crippen molar-refractivity contribution in [1.29, 1.82) is 0 Å². The maximum atomic E-state index is 12.5. The summed E-state index contributed by atoms with van der Waals surface area (Å²) in [6.07, 6.45) is 1.67. The summed E-state index contributed by atoms with van der Waals surface area (Å²) >= 11 is 0. The molecule has 1 amide bonds. The van der Waals surface area contributed by atoms with Crippen molar-refractivity contribution in [2.45, 2.75) is 20.4 Å². The van der Waals surface area contributed by atoms with Gasteiger partial charge in [-0.2, -0.15) is 0 Å². The van der Waals surface area contributed by atoms with Crippen LogP contribution in [0.5, 0.6) is 17.2 Å². The number of nitrogens with one attached hydrogen (secondary N) is 1. The van der Waals surface area contributed by atoms with Crippen LogP contribution < -0.4 is 25.0 Å². The van der Waals surface area contributed by atoms with Gasteiger partial charge in [0.1, 0.15) is 18.1 Å². The summed E-state index contributed by atoms with van der Waals surface area (Å²) in [6, 6.07) is 15.2. The average Bonchev–Trinajstić information content (AvgIpc) is 2.81. The van der Waals surface area contributed by atoms with E-state index in [1.54, 1.807) is 44.5 Å². The van der Waals surface area contributed by atoms with E-state index in [1.165, 1.54) is 13.0 Å². The number of Topliss-reactive ketones (excluding diaryl/α,β-unsaturated/α-hetero) is 1. The Bertz CT molecular complexity index is 1170. The predicted octanol–water partition coefficient (Wildman–Crippen LogP) is 3.46. The van der Waals surface area contributed by atoms with E-state index in [9.17, 15) is 14.4 Å². The first-order chi connectivity index (χ1) is 15.9. The lowest BCUT2D eigenvalue weighted by Gasteiger charge is -2.15. The number of hydrogen-bond donors (Lipinski definition) is 1. The molecule has 0 saturated carbocycles. The number of ketones is 1. The molecule has 3 aromatic rings. The van der Waals surface area contributed by atoms with Crippen LogP contribution in [0.3, 0.4) is 0 Å². The number of nitrogens with zero attached hydrogens (tertiary/aromatic N) is 1. The van der Waals surface area contributed by atoms with Gasteiger partial charge < -0.3 is 24.1 Å². The van der Waals surface area contributed by atoms with Gasteiger partial charge in [-0.3, -0.25) is 14.4 Å². The summed E-state index contributed by atoms with van der Waals surface area (Å²) in [6.45, 7) is 3.77. The van der Waals surface area contributed by atoms with Crippen LogP contribution in [0.1, 0.15) is 23.0 Å². The number of ether oxygens (including phenoxy) is 3. The van der Waals surface area contributed by atoms with E-state index < -0.39 is 0 Å². The van der Waals surface area contributed by atoms with Crippen LogP contribution in [-0.4, -0.2) is 36.6 Å². The first-order valence-electron chi connectivity index (χ1n) is 10.4. The first kappa shape index (κ1) is 23.6. The zero-order chi connectivity index (χ0) is 23.8. The molecule has 0 saturated heterocycles. The van der Waals surface area contributed by atoms with E-state index in [0.29, 0.717) is 35.8 Å². The van der Waals surface area contributed by atoms with Gasteiger partial charge in [-0.05, 0) is 55.5 Å². The smallest absolute Gasteiger partial charge is 0.223 e. The highest BCUT2D eigenvalue weighted by molar-refractivity contribution is 5.98. The molecule has 172 valence electrons. The molecule has 3 rings (SSSR count). The second-order valence-corrected chi connectivity index (χ2v) is 7.28. The number of amides is 1. The van der Waals surface area contributed by atoms with Crippen LogP contribution in [0.2, 0.25) is 0 Å². The average molecular weight is 450 g/mol. The Morgan fingerprint density at radius 2 is 1.61 bits per heavy atom. The molecular formula is C25H26N2O6. The van der Waals surface area contributed by atoms with Crippen molar-refractivity contribution >= 4 is 17.4 Å². The van der Waals surface area contributed by atoms with E-state index in [4.69, 9.17) is 14.2 Å². The molecule has 1 heterocycles. The van der Waals surface area contributed by atoms with E-state index in [0.717, 1.165) is 5.75 Å². The van der Waals surface area contributed by atoms with Crippen molar-refractivity contribution in [2.75, 3.05) is 25.6 Å². The number of methoxy groups -OCH3 is 1. The lowest BCUT2D eigenvalue weighted by molar-refractivity contribution is -0.114. The Labute approximate surface area is 191 Å². The Balaban J connectivity index is 1.60. The normalized spacial score (nSPS) is 10.4. The molecule has 1 aromatic heterocycles. The quantitative estimate of drug-likeness (QED) is 0.475. The molecule has 0 spiro atoms. The molecule has 33 heavy (non-hydrogen) atoms. The maximum absolute atomic E-state index is 12.5. The lowest BCUT2D eigenvalue weighted by Crippen LogP contribution is -2.20. The van der Waals surface area contributed by atoms with Gasteiger partial charge in [-0.1, -0.05) is 0 Å². The van der Waals surface area contributed by atoms with E-state index in [1.807, 2.05) is 28.8 Å². The van der Waals surface area contributed by atoms with Gasteiger partial charge >= 0.3 is 0 Å². The highest BCUT2D eigenvalue weighted by Crippen LogP contribution is 2.18. The molecule has 8 nitrogen and oxygen atoms in total. The summed E-state index contributed by atoms with van der Waals surface area (Å²) in [4.78, 5) is 35.9. The Morgan fingerprint density at radius 3 is 2.24 bits per heavy atom. The van der Waals surface area contributed by atoms with Crippen LogP contribution in [0.4, 0.5) is 5.69 Å². The molecule has 2 aromatic carbocycles. The number of rotatable bonds is 10. The molecule has 0 aliphatic heterocycles. The van der Waals surface area contributed by atoms with Gasteiger partial charge in [0.2, 0.25) is 11.3 Å². The molecule has 0 aliphatic carbocycles. The predicted molar refractivity (Wildman–Crippen MR) is 124 cm³/mol. The molecule has 0 radical (unpaired) electrons. The van der Waals surface area contributed by atoms with Crippen LogP contribution in [0.25, 0.3) is 0 Å². The third-order valence-electron chi connectivity index (χ3n) is 4.92. The fraction of sp³-hybridized carbons (Fsp3) is 0.240. The fourth-order valence-electron chi connectivity index (χ4n) is 3.17. The zero-order valence-corrected chi connectivity index (χ0v) is 18.8. The number of pyridine rings is 1. The summed E-state index contributed by atoms with van der Waals surface area (Å²) in [5.74, 6) is 1.12. The number of hydrogen-bond acceptors (Lipinski definition) is 6. The van der Waals surface area contributed by atoms with Gasteiger partial charge in [0.05, 0.1) is 19.3 Å². The Kier molecular flexibility index (Phi) is 7.86. The van der Waals surface area contributed by atoms with Crippen LogP contribution in [0.15, 0.2) is 65.6 Å². The summed E-state index contributed by atoms with van der Waals surface area (Å²) in [5.41, 5.74) is 1.33. The van der Waals surface area contributed by atoms with Crippen molar-refractivity contribution in [3.05, 3.63) is 82.3 Å². The second kappa shape index (κ2) is 11.0. The number of anilines is 1. The van der Waals surface area contributed by atoms with Crippen molar-refractivity contribution in [1.82, 2.24) is 4.57 Å². The lowest BCUT2D eigenvalue weighted by atomic mass is 10.1. The minimum atomic E-state index is -0.298. The number of carbonyl (C=O) groups excluding carboxylic acids is 2. The van der Waals surface area contributed by atoms with Gasteiger partial charge in [0.25, 0.3) is 0 Å². The van der Waals surface area contributed by atoms with Gasteiger partial charge in [-0.25, -0.2) is 0 Å². The van der Waals surface area contributed by atoms with Crippen LogP contribution >= 0.6 is 0 Å². The highest BCUT2D eigenvalue weighted by Gasteiger charge is 2.13. The maximum Gasteiger partial charge on any atom is 0.223 e. The number of carbonyl (C=O) groups is 2. The fourth-order valence-corrected chi connectivity index (χ4v) is 3.17. The number of benzene rings is 2. The van der Waals surface area contributed by atoms with Crippen LogP contribution in [-0.2, 0) is 11.3 Å². The standard InChI is InChI=1S/C25H26N2O6/c1-17-25(33-16-24(30)19-4-6-20(7-5-19)26-18(2)28)23(29)12-13-27(17)14-15-32-22-10-8-21(31-3)9-11-22/h4-13H,14-16H2,1-3H3,(H,26,28). The molecular weight excluding hydrogens is 424 g/mol. The molecule has 0 fully saturated rings. The zero-order valence-electron chi connectivity index (χ0n) is 18.8. The summed E-state index contributed by atoms with van der Waals surface area (Å²) in [5, 5.41) is 2.64. The Morgan fingerprint density at radius 1 is 0.939 bits per heavy atom. The second-order valence-electron chi connectivity index (χ2n) is 7.28. The summed E-state index contributed by atoms with van der Waals surface area (Å²) in [7, 11) is 1.60. The SMILES string of the molecule is COc1ccc(OCCn2ccc(=O)c(OCC(=O)c3ccc(NC(C)=O)cc3)c2C)cc1. The van der Waals surface area contributed by atoms with E-state index >= 15 is 0 Å². The molecule has 1 N–H and O–H groups in total. The van der Waals surface area contributed by atoms with E-state index in [2.05, 4.69) is 5.32 Å². The third kappa shape index (κ3) is 6.46. The van der Waals surface area contributed by atoms with Crippen molar-refractivity contribution in [2.24, 2.45) is 0 Å². The molecule has 0 unspecified atom stereocenters. The minimum absolute atomic E-state index is 0.130. The summed E-state index contributed by atoms with van der Waals surface area (Å²) < 4.78 is 18.3. The van der Waals surface area contributed by atoms with Gasteiger partial charge in [-0.15, -0.1) is 0 Å². The van der Waals surface area contributed by atoms with Crippen molar-refractivity contribution in [3.63, 3.8) is 0 Å². The highest BCUT2D eigenvalue weighted by atomic mass is 16.5. The van der Waals surface area contributed by atoms with Crippen LogP contribution in [0, 0.1) is 6.92 Å². The minimum Gasteiger partial charge on any atom is -0.497 e. The largest absolute Gasteiger partial charge is 0.497 e. The molecule has 8 heteroatoms. The van der Waals surface area contributed by atoms with Gasteiger partial charge in [0, 0.05) is 30.4 Å². The number of aromatic nitrogens is 1. The van der Waals surface area contributed by atoms with Crippen molar-refractivity contribution in [3.8, 4) is 17.2 Å².